The minimum Gasteiger partial charge on any atom is -0.756 e. The molecule has 75 heavy (non-hydrogen) atoms. The Balaban J connectivity index is 5.16. The zero-order valence-electron chi connectivity index (χ0n) is 50.3. The Morgan fingerprint density at radius 3 is 1.24 bits per heavy atom. The normalized spacial score (nSPS) is 14.0. The third kappa shape index (κ3) is 56.5. The fourth-order valence-electron chi connectivity index (χ4n) is 9.29. The first kappa shape index (κ1) is 73.0. The third-order valence-corrected chi connectivity index (χ3v) is 15.2. The molecule has 0 aromatic heterocycles. The number of nitrogens with one attached hydrogen (secondary N) is 1. The first-order valence-electron chi connectivity index (χ1n) is 31.9. The molecule has 0 aromatic rings. The summed E-state index contributed by atoms with van der Waals surface area (Å²) in [6.45, 7) is 6.84. The highest BCUT2D eigenvalue weighted by atomic mass is 31.2. The van der Waals surface area contributed by atoms with E-state index in [1.54, 1.807) is 0 Å². The number of ether oxygens (including phenoxy) is 1. The predicted octanol–water partition coefficient (Wildman–Crippen LogP) is 19.0. The van der Waals surface area contributed by atoms with E-state index in [9.17, 15) is 19.0 Å². The molecule has 0 aliphatic carbocycles. The van der Waals surface area contributed by atoms with Crippen LogP contribution in [0.5, 0.6) is 0 Å². The van der Waals surface area contributed by atoms with Gasteiger partial charge in [-0.3, -0.25) is 14.2 Å². The lowest BCUT2D eigenvalue weighted by Gasteiger charge is -2.30. The number of quaternary nitrogens is 1. The number of hydrogen-bond acceptors (Lipinski definition) is 7. The quantitative estimate of drug-likeness (QED) is 0.0212. The SMILES string of the molecule is CCCCC/C=C\C/C=C\C/C=C\CCCCCCCCCCCCC(=O)OC(/C=C/CCCCCCCCCCCC)C(COP(=O)([O-])OCC[N+](C)(C)C)NC(=O)CCCCCCCCCCCCCCCC. The summed E-state index contributed by atoms with van der Waals surface area (Å²) in [5, 5.41) is 3.03. The van der Waals surface area contributed by atoms with E-state index in [4.69, 9.17) is 13.8 Å². The lowest BCUT2D eigenvalue weighted by molar-refractivity contribution is -0.870. The summed E-state index contributed by atoms with van der Waals surface area (Å²) in [4.78, 5) is 40.0. The van der Waals surface area contributed by atoms with E-state index in [1.165, 1.54) is 199 Å². The Morgan fingerprint density at radius 1 is 0.467 bits per heavy atom. The van der Waals surface area contributed by atoms with Gasteiger partial charge in [0.1, 0.15) is 19.3 Å². The fourth-order valence-corrected chi connectivity index (χ4v) is 10.0. The maximum atomic E-state index is 13.5. The Bertz CT molecular complexity index is 1420. The highest BCUT2D eigenvalue weighted by molar-refractivity contribution is 7.45. The van der Waals surface area contributed by atoms with Crippen LogP contribution in [0, 0.1) is 0 Å². The Kier molecular flexibility index (Phi) is 53.8. The minimum absolute atomic E-state index is 0.0214. The summed E-state index contributed by atoms with van der Waals surface area (Å²) in [6.07, 6.45) is 67.9. The van der Waals surface area contributed by atoms with Gasteiger partial charge in [-0.25, -0.2) is 0 Å². The van der Waals surface area contributed by atoms with Crippen molar-refractivity contribution >= 4 is 19.7 Å². The first-order valence-corrected chi connectivity index (χ1v) is 33.4. The highest BCUT2D eigenvalue weighted by Gasteiger charge is 2.27. The zero-order chi connectivity index (χ0) is 55.0. The van der Waals surface area contributed by atoms with Gasteiger partial charge in [0.05, 0.1) is 33.8 Å². The smallest absolute Gasteiger partial charge is 0.306 e. The Hall–Kier alpha value is -2.03. The number of phosphoric acid groups is 1. The number of carbonyl (C=O) groups excluding carboxylic acids is 2. The Labute approximate surface area is 465 Å². The standard InChI is InChI=1S/C65H123N2O7P/c1-7-10-13-16-19-22-25-28-30-31-32-33-34-35-36-37-38-40-43-46-49-52-55-58-65(69)74-63(56-53-50-47-44-41-27-24-21-18-15-12-9-3)62(61-73-75(70,71)72-60-59-67(4,5)6)66-64(68)57-54-51-48-45-42-39-29-26-23-20-17-14-11-8-2/h19,22,28,30,32-33,53,56,62-63H,7-18,20-21,23-27,29,31,34-52,54-55,57-61H2,1-6H3,(H-,66,68,70,71)/b22-19-,30-28-,33-32-,56-53+. The average Bonchev–Trinajstić information content (AvgIpc) is 3.37. The molecule has 0 saturated heterocycles. The molecule has 10 heteroatoms. The van der Waals surface area contributed by atoms with Gasteiger partial charge >= 0.3 is 5.97 Å². The largest absolute Gasteiger partial charge is 0.756 e. The van der Waals surface area contributed by atoms with Crippen LogP contribution in [0.15, 0.2) is 48.6 Å². The van der Waals surface area contributed by atoms with Crippen LogP contribution in [-0.2, 0) is 27.9 Å². The maximum Gasteiger partial charge on any atom is 0.306 e. The number of phosphoric ester groups is 1. The van der Waals surface area contributed by atoms with Gasteiger partial charge in [-0.15, -0.1) is 0 Å². The summed E-state index contributed by atoms with van der Waals surface area (Å²) in [5.74, 6) is -0.534. The molecule has 440 valence electrons. The molecule has 0 radical (unpaired) electrons. The van der Waals surface area contributed by atoms with Crippen molar-refractivity contribution in [3.8, 4) is 0 Å². The molecule has 1 amide bonds. The molecule has 0 aliphatic heterocycles. The van der Waals surface area contributed by atoms with Crippen LogP contribution in [0.2, 0.25) is 0 Å². The molecule has 0 saturated carbocycles. The Morgan fingerprint density at radius 2 is 0.813 bits per heavy atom. The van der Waals surface area contributed by atoms with Crippen molar-refractivity contribution in [3.63, 3.8) is 0 Å². The number of carbonyl (C=O) groups is 2. The molecule has 0 heterocycles. The number of allylic oxidation sites excluding steroid dienone is 7. The van der Waals surface area contributed by atoms with E-state index in [1.807, 2.05) is 33.3 Å². The number of hydrogen-bond donors (Lipinski definition) is 1. The van der Waals surface area contributed by atoms with E-state index in [0.717, 1.165) is 70.6 Å². The molecule has 0 aromatic carbocycles. The number of rotatable bonds is 58. The van der Waals surface area contributed by atoms with Crippen LogP contribution in [0.25, 0.3) is 0 Å². The number of unbranched alkanes of at least 4 members (excludes halogenated alkanes) is 36. The second-order valence-electron chi connectivity index (χ2n) is 22.9. The van der Waals surface area contributed by atoms with Crippen LogP contribution in [0.1, 0.15) is 303 Å². The van der Waals surface area contributed by atoms with Crippen molar-refractivity contribution in [1.82, 2.24) is 5.32 Å². The monoisotopic (exact) mass is 1070 g/mol. The molecule has 0 bridgehead atoms. The van der Waals surface area contributed by atoms with E-state index < -0.39 is 20.0 Å². The van der Waals surface area contributed by atoms with E-state index >= 15 is 0 Å². The van der Waals surface area contributed by atoms with Crippen molar-refractivity contribution < 1.29 is 37.3 Å². The van der Waals surface area contributed by atoms with Gasteiger partial charge in [-0.05, 0) is 70.3 Å². The van der Waals surface area contributed by atoms with Crippen molar-refractivity contribution in [3.05, 3.63) is 48.6 Å². The number of likely N-dealkylation sites (N-methyl/N-ethyl adjacent to an activating group) is 1. The van der Waals surface area contributed by atoms with E-state index in [2.05, 4.69) is 62.5 Å². The second kappa shape index (κ2) is 55.3. The summed E-state index contributed by atoms with van der Waals surface area (Å²) in [5.41, 5.74) is 0. The van der Waals surface area contributed by atoms with Crippen LogP contribution < -0.4 is 10.2 Å². The topological polar surface area (TPSA) is 114 Å². The molecule has 0 aliphatic rings. The molecule has 0 spiro atoms. The summed E-state index contributed by atoms with van der Waals surface area (Å²) >= 11 is 0. The van der Waals surface area contributed by atoms with Crippen molar-refractivity contribution in [2.75, 3.05) is 40.9 Å². The molecule has 9 nitrogen and oxygen atoms in total. The second-order valence-corrected chi connectivity index (χ2v) is 24.3. The van der Waals surface area contributed by atoms with Gasteiger partial charge < -0.3 is 28.5 Å². The van der Waals surface area contributed by atoms with Gasteiger partial charge in [0.25, 0.3) is 7.82 Å². The van der Waals surface area contributed by atoms with Gasteiger partial charge in [-0.1, -0.05) is 269 Å². The highest BCUT2D eigenvalue weighted by Crippen LogP contribution is 2.38. The fraction of sp³-hybridized carbons (Fsp3) is 0.846. The predicted molar refractivity (Wildman–Crippen MR) is 321 cm³/mol. The van der Waals surface area contributed by atoms with Gasteiger partial charge in [0, 0.05) is 12.8 Å². The van der Waals surface area contributed by atoms with Gasteiger partial charge in [0.2, 0.25) is 5.91 Å². The summed E-state index contributed by atoms with van der Waals surface area (Å²) in [7, 11) is 1.19. The van der Waals surface area contributed by atoms with Crippen molar-refractivity contribution in [2.24, 2.45) is 0 Å². The minimum atomic E-state index is -4.70. The summed E-state index contributed by atoms with van der Waals surface area (Å²) in [6, 6.07) is -0.886. The van der Waals surface area contributed by atoms with E-state index in [0.29, 0.717) is 17.4 Å². The van der Waals surface area contributed by atoms with Crippen LogP contribution in [0.4, 0.5) is 0 Å². The average molecular weight is 1080 g/mol. The van der Waals surface area contributed by atoms with Crippen molar-refractivity contribution in [2.45, 2.75) is 315 Å². The third-order valence-electron chi connectivity index (χ3n) is 14.3. The van der Waals surface area contributed by atoms with Crippen molar-refractivity contribution in [1.29, 1.82) is 0 Å². The molecule has 0 rings (SSSR count). The molecular weight excluding hydrogens is 952 g/mol. The number of amides is 1. The number of nitrogens with zero attached hydrogens (tertiary/aromatic N) is 1. The zero-order valence-corrected chi connectivity index (χ0v) is 51.2. The van der Waals surface area contributed by atoms with Gasteiger partial charge in [-0.2, -0.15) is 0 Å². The first-order chi connectivity index (χ1) is 36.4. The molecule has 3 unspecified atom stereocenters. The van der Waals surface area contributed by atoms with Crippen LogP contribution >= 0.6 is 7.82 Å². The molecule has 0 fully saturated rings. The molecular formula is C65H123N2O7P. The lowest BCUT2D eigenvalue weighted by Crippen LogP contribution is -2.47. The summed E-state index contributed by atoms with van der Waals surface area (Å²) < 4.78 is 30.3. The van der Waals surface area contributed by atoms with Gasteiger partial charge in [0.15, 0.2) is 0 Å². The lowest BCUT2D eigenvalue weighted by atomic mass is 10.0. The van der Waals surface area contributed by atoms with Crippen LogP contribution in [0.3, 0.4) is 0 Å². The van der Waals surface area contributed by atoms with E-state index in [-0.39, 0.29) is 31.5 Å². The number of esters is 1. The maximum absolute atomic E-state index is 13.5. The van der Waals surface area contributed by atoms with Crippen LogP contribution in [-0.4, -0.2) is 69.4 Å². The molecule has 3 atom stereocenters. The molecule has 1 N–H and O–H groups in total.